The number of ketones is 1. The quantitative estimate of drug-likeness (QED) is 0.171. The maximum atomic E-state index is 13.4. The average Bonchev–Trinajstić information content (AvgIpc) is 3.04. The number of hydrogen-bond donors (Lipinski definition) is 2. The van der Waals surface area contributed by atoms with Crippen LogP contribution in [0.15, 0.2) is 109 Å². The van der Waals surface area contributed by atoms with E-state index in [-0.39, 0.29) is 11.5 Å². The van der Waals surface area contributed by atoms with Gasteiger partial charge in [-0.3, -0.25) is 14.4 Å². The monoisotopic (exact) mass is 562 g/mol. The van der Waals surface area contributed by atoms with Gasteiger partial charge in [-0.1, -0.05) is 48.5 Å². The minimum absolute atomic E-state index is 0.0158. The van der Waals surface area contributed by atoms with Crippen molar-refractivity contribution in [1.82, 2.24) is 5.32 Å². The summed E-state index contributed by atoms with van der Waals surface area (Å²) < 4.78 is 16.0. The molecule has 0 atom stereocenters. The third kappa shape index (κ3) is 7.51. The van der Waals surface area contributed by atoms with Crippen molar-refractivity contribution in [2.24, 2.45) is 0 Å². The second kappa shape index (κ2) is 14.1. The summed E-state index contributed by atoms with van der Waals surface area (Å²) in [6.45, 7) is 0. The predicted octanol–water partition coefficient (Wildman–Crippen LogP) is 6.02. The number of ether oxygens (including phenoxy) is 3. The molecule has 8 nitrogen and oxygen atoms in total. The lowest BCUT2D eigenvalue weighted by Crippen LogP contribution is -2.30. The Morgan fingerprint density at radius 3 is 2.05 bits per heavy atom. The van der Waals surface area contributed by atoms with Gasteiger partial charge in [0, 0.05) is 22.4 Å². The predicted molar refractivity (Wildman–Crippen MR) is 163 cm³/mol. The summed E-state index contributed by atoms with van der Waals surface area (Å²) in [6.07, 6.45) is 4.72. The molecule has 0 aliphatic heterocycles. The van der Waals surface area contributed by atoms with E-state index in [1.165, 1.54) is 26.4 Å². The number of allylic oxidation sites excluding steroid dienone is 1. The maximum absolute atomic E-state index is 13.4. The van der Waals surface area contributed by atoms with E-state index in [2.05, 4.69) is 10.6 Å². The van der Waals surface area contributed by atoms with E-state index in [9.17, 15) is 14.4 Å². The van der Waals surface area contributed by atoms with Crippen LogP contribution in [0, 0.1) is 0 Å². The van der Waals surface area contributed by atoms with Gasteiger partial charge in [-0.05, 0) is 72.3 Å². The summed E-state index contributed by atoms with van der Waals surface area (Å²) in [5, 5.41) is 5.49. The van der Waals surface area contributed by atoms with E-state index < -0.39 is 11.8 Å². The normalized spacial score (nSPS) is 11.1. The van der Waals surface area contributed by atoms with E-state index in [1.54, 1.807) is 86.0 Å². The summed E-state index contributed by atoms with van der Waals surface area (Å²) in [6, 6.07) is 27.6. The molecule has 2 amide bonds. The number of carbonyl (C=O) groups is 3. The highest BCUT2D eigenvalue weighted by Crippen LogP contribution is 2.32. The first-order valence-corrected chi connectivity index (χ1v) is 13.0. The second-order valence-electron chi connectivity index (χ2n) is 8.96. The fraction of sp³-hybridized carbons (Fsp3) is 0.0882. The molecule has 4 aromatic carbocycles. The van der Waals surface area contributed by atoms with Gasteiger partial charge in [0.2, 0.25) is 0 Å². The summed E-state index contributed by atoms with van der Waals surface area (Å²) in [5.41, 5.74) is 2.65. The first kappa shape index (κ1) is 29.4. The minimum atomic E-state index is -0.567. The number of hydrogen-bond acceptors (Lipinski definition) is 6. The average molecular weight is 563 g/mol. The number of methoxy groups -OCH3 is 3. The van der Waals surface area contributed by atoms with Crippen molar-refractivity contribution < 1.29 is 28.6 Å². The molecule has 0 aliphatic rings. The molecular formula is C34H30N2O6. The Balaban J connectivity index is 1.54. The van der Waals surface area contributed by atoms with Crippen molar-refractivity contribution in [3.05, 3.63) is 131 Å². The number of amides is 2. The maximum Gasteiger partial charge on any atom is 0.272 e. The molecule has 0 aliphatic carbocycles. The lowest BCUT2D eigenvalue weighted by Gasteiger charge is -2.14. The zero-order chi connectivity index (χ0) is 29.9. The molecule has 4 aromatic rings. The Bertz CT molecular complexity index is 1610. The molecule has 0 fully saturated rings. The topological polar surface area (TPSA) is 103 Å². The van der Waals surface area contributed by atoms with Gasteiger partial charge in [0.25, 0.3) is 11.8 Å². The molecule has 0 spiro atoms. The lowest BCUT2D eigenvalue weighted by molar-refractivity contribution is -0.113. The van der Waals surface area contributed by atoms with Gasteiger partial charge in [-0.25, -0.2) is 0 Å². The van der Waals surface area contributed by atoms with Crippen LogP contribution in [0.4, 0.5) is 5.69 Å². The Morgan fingerprint density at radius 2 is 1.40 bits per heavy atom. The highest BCUT2D eigenvalue weighted by atomic mass is 16.5. The highest BCUT2D eigenvalue weighted by molar-refractivity contribution is 6.11. The van der Waals surface area contributed by atoms with Crippen molar-refractivity contribution in [2.45, 2.75) is 0 Å². The van der Waals surface area contributed by atoms with Crippen molar-refractivity contribution in [3.8, 4) is 17.2 Å². The molecule has 0 bridgehead atoms. The van der Waals surface area contributed by atoms with E-state index in [4.69, 9.17) is 14.2 Å². The molecule has 8 heteroatoms. The summed E-state index contributed by atoms with van der Waals surface area (Å²) in [7, 11) is 4.60. The standard InChI is InChI=1S/C34H30N2O6/c1-40-28-19-12-23(13-20-28)14-21-30(37)24-15-17-27(18-16-24)35-34(39)29(36-33(38)25-8-5-4-6-9-25)22-26-10-7-11-31(41-2)32(26)42-3/h4-22H,1-3H3,(H,35,39)(H,36,38)/b21-14+,29-22-. The largest absolute Gasteiger partial charge is 0.497 e. The van der Waals surface area contributed by atoms with Crippen LogP contribution in [0.2, 0.25) is 0 Å². The van der Waals surface area contributed by atoms with Crippen LogP contribution in [0.1, 0.15) is 31.8 Å². The molecule has 0 aromatic heterocycles. The Kier molecular flexibility index (Phi) is 9.88. The molecule has 4 rings (SSSR count). The molecule has 0 saturated carbocycles. The Morgan fingerprint density at radius 1 is 0.690 bits per heavy atom. The summed E-state index contributed by atoms with van der Waals surface area (Å²) >= 11 is 0. The third-order valence-corrected chi connectivity index (χ3v) is 6.23. The molecule has 0 saturated heterocycles. The van der Waals surface area contributed by atoms with E-state index in [0.717, 1.165) is 11.3 Å². The van der Waals surface area contributed by atoms with Gasteiger partial charge >= 0.3 is 0 Å². The smallest absolute Gasteiger partial charge is 0.272 e. The van der Waals surface area contributed by atoms with Crippen LogP contribution in [0.5, 0.6) is 17.2 Å². The SMILES string of the molecule is COc1ccc(/C=C/C(=O)c2ccc(NC(=O)/C(=C/c3cccc(OC)c3OC)NC(=O)c3ccccc3)cc2)cc1. The number of anilines is 1. The number of nitrogens with one attached hydrogen (secondary N) is 2. The van der Waals surface area contributed by atoms with E-state index >= 15 is 0 Å². The van der Waals surface area contributed by atoms with Gasteiger partial charge in [0.05, 0.1) is 21.3 Å². The van der Waals surface area contributed by atoms with E-state index in [0.29, 0.717) is 33.9 Å². The first-order valence-electron chi connectivity index (χ1n) is 13.0. The lowest BCUT2D eigenvalue weighted by atomic mass is 10.1. The summed E-state index contributed by atoms with van der Waals surface area (Å²) in [5.74, 6) is 0.401. The van der Waals surface area contributed by atoms with E-state index in [1.807, 2.05) is 24.3 Å². The Hall–Kier alpha value is -5.63. The van der Waals surface area contributed by atoms with Crippen LogP contribution in [-0.2, 0) is 4.79 Å². The minimum Gasteiger partial charge on any atom is -0.497 e. The Labute approximate surface area is 244 Å². The first-order chi connectivity index (χ1) is 20.4. The molecule has 212 valence electrons. The molecule has 2 N–H and O–H groups in total. The van der Waals surface area contributed by atoms with Gasteiger partial charge < -0.3 is 24.8 Å². The number of carbonyl (C=O) groups excluding carboxylic acids is 3. The van der Waals surface area contributed by atoms with Gasteiger partial charge in [-0.2, -0.15) is 0 Å². The number of para-hydroxylation sites is 1. The number of rotatable bonds is 11. The van der Waals surface area contributed by atoms with Gasteiger partial charge in [0.1, 0.15) is 11.4 Å². The zero-order valence-corrected chi connectivity index (χ0v) is 23.4. The van der Waals surface area contributed by atoms with Crippen molar-refractivity contribution in [1.29, 1.82) is 0 Å². The molecule has 0 unspecified atom stereocenters. The van der Waals surface area contributed by atoms with Crippen LogP contribution in [0.25, 0.3) is 12.2 Å². The second-order valence-corrected chi connectivity index (χ2v) is 8.96. The fourth-order valence-electron chi connectivity index (χ4n) is 4.02. The molecular weight excluding hydrogens is 532 g/mol. The van der Waals surface area contributed by atoms with Crippen molar-refractivity contribution >= 4 is 35.4 Å². The summed E-state index contributed by atoms with van der Waals surface area (Å²) in [4.78, 5) is 39.0. The van der Waals surface area contributed by atoms with Crippen LogP contribution in [0.3, 0.4) is 0 Å². The fourth-order valence-corrected chi connectivity index (χ4v) is 4.02. The molecule has 0 heterocycles. The zero-order valence-electron chi connectivity index (χ0n) is 23.4. The van der Waals surface area contributed by atoms with Crippen LogP contribution >= 0.6 is 0 Å². The molecule has 42 heavy (non-hydrogen) atoms. The van der Waals surface area contributed by atoms with Crippen molar-refractivity contribution in [3.63, 3.8) is 0 Å². The highest BCUT2D eigenvalue weighted by Gasteiger charge is 2.17. The van der Waals surface area contributed by atoms with Crippen LogP contribution in [-0.4, -0.2) is 38.9 Å². The van der Waals surface area contributed by atoms with Crippen LogP contribution < -0.4 is 24.8 Å². The van der Waals surface area contributed by atoms with Gasteiger partial charge in [0.15, 0.2) is 17.3 Å². The van der Waals surface area contributed by atoms with Gasteiger partial charge in [-0.15, -0.1) is 0 Å². The number of benzene rings is 4. The molecule has 0 radical (unpaired) electrons. The van der Waals surface area contributed by atoms with Crippen molar-refractivity contribution in [2.75, 3.05) is 26.6 Å². The third-order valence-electron chi connectivity index (χ3n) is 6.23.